The molecule has 41 heavy (non-hydrogen) atoms. The van der Waals surface area contributed by atoms with Crippen molar-refractivity contribution >= 4 is 5.97 Å². The minimum absolute atomic E-state index is 0.0836. The number of rotatable bonds is 26. The number of unbranched alkanes of at least 4 members (excludes halogenated alkanes) is 15. The molecule has 0 saturated carbocycles. The Labute approximate surface area is 251 Å². The van der Waals surface area contributed by atoms with Crippen LogP contribution in [0.3, 0.4) is 0 Å². The van der Waals surface area contributed by atoms with Gasteiger partial charge in [-0.15, -0.1) is 0 Å². The van der Waals surface area contributed by atoms with Crippen molar-refractivity contribution in [1.82, 2.24) is 0 Å². The third-order valence-electron chi connectivity index (χ3n) is 9.07. The first-order valence-electron chi connectivity index (χ1n) is 17.5. The van der Waals surface area contributed by atoms with E-state index >= 15 is 0 Å². The maximum atomic E-state index is 11.6. The molecule has 2 rings (SSSR count). The summed E-state index contributed by atoms with van der Waals surface area (Å²) in [5.41, 5.74) is 0.818. The fraction of sp³-hybridized carbons (Fsp3) is 0.914. The molecule has 2 aliphatic heterocycles. The quantitative estimate of drug-likeness (QED) is 0.0707. The smallest absolute Gasteiger partial charge is 0.334 e. The third kappa shape index (κ3) is 16.5. The molecule has 3 N–H and O–H groups in total. The second kappa shape index (κ2) is 22.6. The summed E-state index contributed by atoms with van der Waals surface area (Å²) in [6, 6.07) is 0. The lowest BCUT2D eigenvalue weighted by Gasteiger charge is -2.23. The van der Waals surface area contributed by atoms with Crippen LogP contribution in [0.25, 0.3) is 0 Å². The number of hydrogen-bond donors (Lipinski definition) is 3. The highest BCUT2D eigenvalue weighted by molar-refractivity contribution is 5.90. The Hall–Kier alpha value is -0.950. The summed E-state index contributed by atoms with van der Waals surface area (Å²) in [5, 5.41) is 31.6. The third-order valence-corrected chi connectivity index (χ3v) is 9.07. The Balaban J connectivity index is 1.40. The molecule has 0 aromatic heterocycles. The minimum atomic E-state index is -0.576. The molecule has 0 radical (unpaired) electrons. The Morgan fingerprint density at radius 2 is 1.17 bits per heavy atom. The van der Waals surface area contributed by atoms with Gasteiger partial charge >= 0.3 is 5.97 Å². The Kier molecular flexibility index (Phi) is 20.0. The molecule has 1 saturated heterocycles. The van der Waals surface area contributed by atoms with Crippen LogP contribution in [0, 0.1) is 0 Å². The minimum Gasteiger partial charge on any atom is -0.455 e. The van der Waals surface area contributed by atoms with Crippen LogP contribution in [0.1, 0.15) is 168 Å². The maximum Gasteiger partial charge on any atom is 0.334 e. The van der Waals surface area contributed by atoms with Crippen LogP contribution in [0.4, 0.5) is 0 Å². The normalized spacial score (nSPS) is 23.0. The monoisotopic (exact) mass is 580 g/mol. The van der Waals surface area contributed by atoms with Crippen molar-refractivity contribution in [3.05, 3.63) is 11.6 Å². The van der Waals surface area contributed by atoms with Gasteiger partial charge in [0.2, 0.25) is 0 Å². The van der Waals surface area contributed by atoms with E-state index in [0.717, 1.165) is 76.2 Å². The van der Waals surface area contributed by atoms with E-state index in [4.69, 9.17) is 9.47 Å². The lowest BCUT2D eigenvalue weighted by Crippen LogP contribution is -2.31. The number of carbonyl (C=O) groups excluding carboxylic acids is 1. The molecule has 0 amide bonds. The lowest BCUT2D eigenvalue weighted by molar-refractivity contribution is -0.139. The molecule has 0 aromatic carbocycles. The SMILES string of the molecule is CCCCCCCCCCCCCC[C@@H](O)[C@H]1CC[C@H]([C@H](O)CCC(O)CCCCCCCC2=C[C@H](C)OC2=O)O1. The molecule has 6 heteroatoms. The molecule has 1 unspecified atom stereocenters. The van der Waals surface area contributed by atoms with E-state index < -0.39 is 18.3 Å². The molecule has 1 fully saturated rings. The van der Waals surface area contributed by atoms with E-state index in [1.54, 1.807) is 0 Å². The first-order valence-corrected chi connectivity index (χ1v) is 17.5. The van der Waals surface area contributed by atoms with E-state index in [9.17, 15) is 20.1 Å². The zero-order chi connectivity index (χ0) is 29.7. The standard InChI is InChI=1S/C35H64O6/c1-3-4-5-6-7-8-9-10-11-12-16-19-22-31(37)33-25-26-34(41-33)32(38)24-23-30(36)21-18-15-13-14-17-20-29-27-28(2)40-35(29)39/h27-28,30-34,36-38H,3-26H2,1-2H3/t28-,30?,31+,32+,33+,34+/m0/s1. The van der Waals surface area contributed by atoms with Gasteiger partial charge in [0, 0.05) is 5.57 Å². The summed E-state index contributed by atoms with van der Waals surface area (Å²) >= 11 is 0. The van der Waals surface area contributed by atoms with E-state index in [1.807, 2.05) is 13.0 Å². The van der Waals surface area contributed by atoms with Gasteiger partial charge in [0.1, 0.15) is 6.10 Å². The van der Waals surface area contributed by atoms with Gasteiger partial charge in [-0.1, -0.05) is 110 Å². The molecule has 0 aromatic rings. The fourth-order valence-electron chi connectivity index (χ4n) is 6.37. The summed E-state index contributed by atoms with van der Waals surface area (Å²) in [6.07, 6.45) is 26.1. The molecule has 6 atom stereocenters. The Morgan fingerprint density at radius 3 is 1.71 bits per heavy atom. The average Bonchev–Trinajstić information content (AvgIpc) is 3.58. The van der Waals surface area contributed by atoms with E-state index in [0.29, 0.717) is 12.8 Å². The molecule has 240 valence electrons. The molecule has 0 bridgehead atoms. The second-order valence-electron chi connectivity index (χ2n) is 12.9. The second-order valence-corrected chi connectivity index (χ2v) is 12.9. The van der Waals surface area contributed by atoms with Gasteiger partial charge in [-0.2, -0.15) is 0 Å². The topological polar surface area (TPSA) is 96.2 Å². The van der Waals surface area contributed by atoms with Crippen LogP contribution < -0.4 is 0 Å². The molecular weight excluding hydrogens is 516 g/mol. The van der Waals surface area contributed by atoms with Crippen LogP contribution in [-0.2, 0) is 14.3 Å². The van der Waals surface area contributed by atoms with Gasteiger partial charge in [0.15, 0.2) is 0 Å². The van der Waals surface area contributed by atoms with E-state index in [2.05, 4.69) is 6.92 Å². The summed E-state index contributed by atoms with van der Waals surface area (Å²) in [6.45, 7) is 4.15. The highest BCUT2D eigenvalue weighted by Gasteiger charge is 2.34. The summed E-state index contributed by atoms with van der Waals surface area (Å²) in [5.74, 6) is -0.160. The number of aliphatic hydroxyl groups excluding tert-OH is 3. The van der Waals surface area contributed by atoms with Crippen molar-refractivity contribution in [3.63, 3.8) is 0 Å². The Morgan fingerprint density at radius 1 is 0.683 bits per heavy atom. The van der Waals surface area contributed by atoms with Crippen molar-refractivity contribution < 1.29 is 29.6 Å². The zero-order valence-electron chi connectivity index (χ0n) is 26.6. The van der Waals surface area contributed by atoms with Gasteiger partial charge in [0.25, 0.3) is 0 Å². The van der Waals surface area contributed by atoms with Crippen LogP contribution >= 0.6 is 0 Å². The van der Waals surface area contributed by atoms with Gasteiger partial charge in [-0.25, -0.2) is 4.79 Å². The summed E-state index contributed by atoms with van der Waals surface area (Å²) in [7, 11) is 0. The first kappa shape index (κ1) is 36.2. The highest BCUT2D eigenvalue weighted by atomic mass is 16.5. The van der Waals surface area contributed by atoms with Gasteiger partial charge < -0.3 is 24.8 Å². The molecule has 0 aliphatic carbocycles. The summed E-state index contributed by atoms with van der Waals surface area (Å²) < 4.78 is 11.2. The van der Waals surface area contributed by atoms with Crippen molar-refractivity contribution in [1.29, 1.82) is 0 Å². The van der Waals surface area contributed by atoms with Crippen LogP contribution in [0.15, 0.2) is 11.6 Å². The van der Waals surface area contributed by atoms with E-state index in [-0.39, 0.29) is 24.3 Å². The Bertz CT molecular complexity index is 694. The van der Waals surface area contributed by atoms with Crippen molar-refractivity contribution in [3.8, 4) is 0 Å². The maximum absolute atomic E-state index is 11.6. The number of hydrogen-bond acceptors (Lipinski definition) is 6. The van der Waals surface area contributed by atoms with Gasteiger partial charge in [0.05, 0.1) is 30.5 Å². The molecular formula is C35H64O6. The number of aliphatic hydroxyl groups is 3. The van der Waals surface area contributed by atoms with Crippen molar-refractivity contribution in [2.24, 2.45) is 0 Å². The molecule has 2 aliphatic rings. The predicted molar refractivity (Wildman–Crippen MR) is 167 cm³/mol. The molecule has 2 heterocycles. The lowest BCUT2D eigenvalue weighted by atomic mass is 9.99. The van der Waals surface area contributed by atoms with Crippen LogP contribution in [-0.4, -0.2) is 57.9 Å². The highest BCUT2D eigenvalue weighted by Crippen LogP contribution is 2.28. The largest absolute Gasteiger partial charge is 0.455 e. The summed E-state index contributed by atoms with van der Waals surface area (Å²) in [4.78, 5) is 11.6. The number of ether oxygens (including phenoxy) is 2. The molecule has 0 spiro atoms. The number of esters is 1. The van der Waals surface area contributed by atoms with Crippen LogP contribution in [0.5, 0.6) is 0 Å². The van der Waals surface area contributed by atoms with E-state index in [1.165, 1.54) is 70.6 Å². The predicted octanol–water partition coefficient (Wildman–Crippen LogP) is 8.09. The zero-order valence-corrected chi connectivity index (χ0v) is 26.6. The number of cyclic esters (lactones) is 1. The average molecular weight is 581 g/mol. The fourth-order valence-corrected chi connectivity index (χ4v) is 6.37. The first-order chi connectivity index (χ1) is 19.9. The van der Waals surface area contributed by atoms with Gasteiger partial charge in [-0.3, -0.25) is 0 Å². The van der Waals surface area contributed by atoms with Gasteiger partial charge in [-0.05, 0) is 64.4 Å². The van der Waals surface area contributed by atoms with Crippen LogP contribution in [0.2, 0.25) is 0 Å². The van der Waals surface area contributed by atoms with Crippen molar-refractivity contribution in [2.45, 2.75) is 205 Å². The van der Waals surface area contributed by atoms with Crippen molar-refractivity contribution in [2.75, 3.05) is 0 Å². The molecule has 6 nitrogen and oxygen atoms in total. The number of carbonyl (C=O) groups is 1.